The molecule has 0 bridgehead atoms. The summed E-state index contributed by atoms with van der Waals surface area (Å²) in [7, 11) is -3.37. The van der Waals surface area contributed by atoms with E-state index in [1.54, 1.807) is 22.5 Å². The fourth-order valence-electron chi connectivity index (χ4n) is 2.15. The lowest BCUT2D eigenvalue weighted by atomic mass is 9.85. The molecule has 0 amide bonds. The lowest BCUT2D eigenvalue weighted by Gasteiger charge is -2.31. The third-order valence-electron chi connectivity index (χ3n) is 3.49. The van der Waals surface area contributed by atoms with Crippen molar-refractivity contribution < 1.29 is 8.42 Å². The molecule has 0 unspecified atom stereocenters. The normalized spacial score (nSPS) is 16.8. The fourth-order valence-corrected chi connectivity index (χ4v) is 4.64. The van der Waals surface area contributed by atoms with Crippen LogP contribution in [-0.4, -0.2) is 25.8 Å². The molecule has 1 fully saturated rings. The van der Waals surface area contributed by atoms with Gasteiger partial charge in [-0.1, -0.05) is 25.5 Å². The molecule has 100 valence electrons. The monoisotopic (exact) mass is 331 g/mol. The molecular weight excluding hydrogens is 314 g/mol. The summed E-state index contributed by atoms with van der Waals surface area (Å²) in [4.78, 5) is 0.367. The van der Waals surface area contributed by atoms with Crippen LogP contribution in [0.1, 0.15) is 26.2 Å². The first kappa shape index (κ1) is 14.0. The fraction of sp³-hybridized carbons (Fsp3) is 0.538. The van der Waals surface area contributed by atoms with E-state index in [1.165, 1.54) is 6.42 Å². The molecule has 3 nitrogen and oxygen atoms in total. The van der Waals surface area contributed by atoms with Crippen LogP contribution in [0.15, 0.2) is 33.6 Å². The van der Waals surface area contributed by atoms with Gasteiger partial charge < -0.3 is 0 Å². The first-order valence-electron chi connectivity index (χ1n) is 6.30. The van der Waals surface area contributed by atoms with E-state index >= 15 is 0 Å². The molecular formula is C13H18BrNO2S. The van der Waals surface area contributed by atoms with E-state index in [4.69, 9.17) is 0 Å². The minimum atomic E-state index is -3.37. The number of nitrogens with zero attached hydrogens (tertiary/aromatic N) is 1. The molecule has 0 aromatic heterocycles. The van der Waals surface area contributed by atoms with Crippen LogP contribution < -0.4 is 0 Å². The molecule has 18 heavy (non-hydrogen) atoms. The number of benzene rings is 1. The van der Waals surface area contributed by atoms with Crippen molar-refractivity contribution in [3.63, 3.8) is 0 Å². The maximum atomic E-state index is 12.6. The minimum Gasteiger partial charge on any atom is -0.207 e. The second kappa shape index (κ2) is 5.72. The highest BCUT2D eigenvalue weighted by atomic mass is 79.9. The Hall–Kier alpha value is -0.390. The molecule has 1 saturated carbocycles. The van der Waals surface area contributed by atoms with E-state index < -0.39 is 10.0 Å². The summed E-state index contributed by atoms with van der Waals surface area (Å²) in [6.07, 6.45) is 3.54. The summed E-state index contributed by atoms with van der Waals surface area (Å²) >= 11 is 3.32. The molecule has 1 aliphatic carbocycles. The van der Waals surface area contributed by atoms with Crippen LogP contribution in [0, 0.1) is 5.92 Å². The molecule has 0 saturated heterocycles. The van der Waals surface area contributed by atoms with Crippen molar-refractivity contribution in [3.05, 3.63) is 28.7 Å². The highest BCUT2D eigenvalue weighted by molar-refractivity contribution is 9.10. The van der Waals surface area contributed by atoms with Gasteiger partial charge in [-0.15, -0.1) is 0 Å². The number of sulfonamides is 1. The van der Waals surface area contributed by atoms with Crippen LogP contribution in [0.4, 0.5) is 0 Å². The third kappa shape index (κ3) is 2.78. The standard InChI is InChI=1S/C13H18BrNO2S/c1-2-15(10-11-6-5-7-11)18(16,17)13-9-4-3-8-12(13)14/h3-4,8-9,11H,2,5-7,10H2,1H3. The zero-order valence-corrected chi connectivity index (χ0v) is 12.9. The van der Waals surface area contributed by atoms with Crippen LogP contribution in [0.5, 0.6) is 0 Å². The Labute approximate surface area is 117 Å². The van der Waals surface area contributed by atoms with Crippen molar-refractivity contribution in [2.45, 2.75) is 31.1 Å². The van der Waals surface area contributed by atoms with Gasteiger partial charge in [-0.25, -0.2) is 8.42 Å². The minimum absolute atomic E-state index is 0.367. The number of halogens is 1. The molecule has 1 aromatic rings. The molecule has 2 rings (SSSR count). The van der Waals surface area contributed by atoms with Crippen LogP contribution >= 0.6 is 15.9 Å². The second-order valence-corrected chi connectivity index (χ2v) is 7.44. The SMILES string of the molecule is CCN(CC1CCC1)S(=O)(=O)c1ccccc1Br. The molecule has 0 heterocycles. The summed E-state index contributed by atoms with van der Waals surface area (Å²) in [6.45, 7) is 3.08. The largest absolute Gasteiger partial charge is 0.244 e. The summed E-state index contributed by atoms with van der Waals surface area (Å²) in [5.41, 5.74) is 0. The van der Waals surface area contributed by atoms with Gasteiger partial charge in [0.2, 0.25) is 10.0 Å². The average molecular weight is 332 g/mol. The van der Waals surface area contributed by atoms with Gasteiger partial charge in [0.1, 0.15) is 0 Å². The van der Waals surface area contributed by atoms with E-state index in [0.717, 1.165) is 12.8 Å². The van der Waals surface area contributed by atoms with E-state index in [9.17, 15) is 8.42 Å². The maximum Gasteiger partial charge on any atom is 0.244 e. The molecule has 1 aliphatic rings. The van der Waals surface area contributed by atoms with Crippen molar-refractivity contribution in [2.75, 3.05) is 13.1 Å². The van der Waals surface area contributed by atoms with E-state index in [0.29, 0.717) is 28.4 Å². The van der Waals surface area contributed by atoms with Gasteiger partial charge in [0.15, 0.2) is 0 Å². The Morgan fingerprint density at radius 3 is 2.50 bits per heavy atom. The van der Waals surface area contributed by atoms with E-state index in [1.807, 2.05) is 13.0 Å². The molecule has 5 heteroatoms. The molecule has 0 N–H and O–H groups in total. The summed E-state index contributed by atoms with van der Waals surface area (Å²) < 4.78 is 27.3. The van der Waals surface area contributed by atoms with Gasteiger partial charge in [-0.2, -0.15) is 4.31 Å². The number of hydrogen-bond donors (Lipinski definition) is 0. The molecule has 0 radical (unpaired) electrons. The van der Waals surface area contributed by atoms with Gasteiger partial charge in [0, 0.05) is 17.6 Å². The summed E-state index contributed by atoms with van der Waals surface area (Å²) in [6, 6.07) is 7.01. The van der Waals surface area contributed by atoms with Crippen LogP contribution in [0.2, 0.25) is 0 Å². The van der Waals surface area contributed by atoms with Gasteiger partial charge in [-0.3, -0.25) is 0 Å². The van der Waals surface area contributed by atoms with Gasteiger partial charge in [0.05, 0.1) is 4.90 Å². The Morgan fingerprint density at radius 1 is 1.33 bits per heavy atom. The zero-order chi connectivity index (χ0) is 13.2. The Kier molecular flexibility index (Phi) is 4.45. The highest BCUT2D eigenvalue weighted by Gasteiger charge is 2.29. The lowest BCUT2D eigenvalue weighted by Crippen LogP contribution is -2.37. The van der Waals surface area contributed by atoms with Gasteiger partial charge in [0.25, 0.3) is 0 Å². The summed E-state index contributed by atoms with van der Waals surface area (Å²) in [5.74, 6) is 0.544. The second-order valence-electron chi connectivity index (χ2n) is 4.68. The molecule has 0 spiro atoms. The lowest BCUT2D eigenvalue weighted by molar-refractivity contribution is 0.250. The van der Waals surface area contributed by atoms with Crippen LogP contribution in [0.25, 0.3) is 0 Å². The van der Waals surface area contributed by atoms with Gasteiger partial charge >= 0.3 is 0 Å². The van der Waals surface area contributed by atoms with E-state index in [2.05, 4.69) is 15.9 Å². The Balaban J connectivity index is 2.25. The van der Waals surface area contributed by atoms with Gasteiger partial charge in [-0.05, 0) is 46.8 Å². The topological polar surface area (TPSA) is 37.4 Å². The first-order chi connectivity index (χ1) is 8.55. The quantitative estimate of drug-likeness (QED) is 0.830. The third-order valence-corrected chi connectivity index (χ3v) is 6.45. The van der Waals surface area contributed by atoms with Crippen molar-refractivity contribution in [3.8, 4) is 0 Å². The van der Waals surface area contributed by atoms with Crippen molar-refractivity contribution in [1.82, 2.24) is 4.31 Å². The number of hydrogen-bond acceptors (Lipinski definition) is 2. The maximum absolute atomic E-state index is 12.6. The van der Waals surface area contributed by atoms with Crippen molar-refractivity contribution in [1.29, 1.82) is 0 Å². The smallest absolute Gasteiger partial charge is 0.207 e. The Morgan fingerprint density at radius 2 is 2.00 bits per heavy atom. The average Bonchev–Trinajstić information content (AvgIpc) is 2.27. The zero-order valence-electron chi connectivity index (χ0n) is 10.5. The molecule has 1 aromatic carbocycles. The van der Waals surface area contributed by atoms with Crippen LogP contribution in [-0.2, 0) is 10.0 Å². The summed E-state index contributed by atoms with van der Waals surface area (Å²) in [5, 5.41) is 0. The molecule has 0 atom stereocenters. The predicted molar refractivity (Wildman–Crippen MR) is 75.9 cm³/mol. The number of rotatable bonds is 5. The van der Waals surface area contributed by atoms with E-state index in [-0.39, 0.29) is 0 Å². The van der Waals surface area contributed by atoms with Crippen LogP contribution in [0.3, 0.4) is 0 Å². The first-order valence-corrected chi connectivity index (χ1v) is 8.53. The highest BCUT2D eigenvalue weighted by Crippen LogP contribution is 2.30. The van der Waals surface area contributed by atoms with Crippen molar-refractivity contribution >= 4 is 26.0 Å². The Bertz CT molecular complexity index is 511. The molecule has 0 aliphatic heterocycles. The predicted octanol–water partition coefficient (Wildman–Crippen LogP) is 3.26. The van der Waals surface area contributed by atoms with Crippen molar-refractivity contribution in [2.24, 2.45) is 5.92 Å².